The molecule has 34 heavy (non-hydrogen) atoms. The molecule has 8 heteroatoms. The summed E-state index contributed by atoms with van der Waals surface area (Å²) in [5.41, 5.74) is 1.83. The largest absolute Gasteiger partial charge is 0.480 e. The normalized spacial score (nSPS) is 26.7. The summed E-state index contributed by atoms with van der Waals surface area (Å²) in [5.74, 6) is 0.892. The van der Waals surface area contributed by atoms with E-state index in [4.69, 9.17) is 27.9 Å². The standard InChI is InChI=1S/C26H28Cl2N2O4/c27-18-5-1-15(2-6-18)17-13-30(14-17)26(33)16-3-8-20(9-4-16)29-25(32)24-12-22(31)21-11-19(28)7-10-23(21)34-24/h1-2,5-7,10-11,16-17,20,22,24,31H,3-4,8-9,12-14H2,(H,29,32)/t16-,20-,22-,24-/m1/s1. The fraction of sp³-hybridized carbons (Fsp3) is 0.462. The number of fused-ring (bicyclic) bond motifs is 1. The van der Waals surface area contributed by atoms with E-state index in [0.717, 1.165) is 43.8 Å². The Bertz CT molecular complexity index is 1060. The average molecular weight is 503 g/mol. The van der Waals surface area contributed by atoms with Crippen molar-refractivity contribution >= 4 is 35.0 Å². The van der Waals surface area contributed by atoms with E-state index in [-0.39, 0.29) is 30.2 Å². The smallest absolute Gasteiger partial charge is 0.261 e. The second-order valence-electron chi connectivity index (χ2n) is 9.59. The molecule has 5 rings (SSSR count). The summed E-state index contributed by atoms with van der Waals surface area (Å²) in [6, 6.07) is 12.9. The molecule has 2 atom stereocenters. The van der Waals surface area contributed by atoms with Gasteiger partial charge in [-0.05, 0) is 61.6 Å². The van der Waals surface area contributed by atoms with E-state index >= 15 is 0 Å². The van der Waals surface area contributed by atoms with Crippen molar-refractivity contribution in [3.63, 3.8) is 0 Å². The summed E-state index contributed by atoms with van der Waals surface area (Å²) in [6.07, 6.45) is 1.71. The van der Waals surface area contributed by atoms with Crippen molar-refractivity contribution in [2.24, 2.45) is 5.92 Å². The van der Waals surface area contributed by atoms with Gasteiger partial charge >= 0.3 is 0 Å². The lowest BCUT2D eigenvalue weighted by molar-refractivity contribution is -0.141. The van der Waals surface area contributed by atoms with Gasteiger partial charge in [-0.3, -0.25) is 9.59 Å². The number of halogens is 2. The maximum atomic E-state index is 12.9. The first-order valence-corrected chi connectivity index (χ1v) is 12.6. The molecule has 2 amide bonds. The Kier molecular flexibility index (Phi) is 6.74. The minimum atomic E-state index is -0.792. The molecule has 2 aromatic rings. The van der Waals surface area contributed by atoms with Crippen molar-refractivity contribution in [2.75, 3.05) is 13.1 Å². The van der Waals surface area contributed by atoms with Crippen LogP contribution in [-0.4, -0.2) is 47.1 Å². The number of benzene rings is 2. The molecule has 2 fully saturated rings. The summed E-state index contributed by atoms with van der Waals surface area (Å²) in [4.78, 5) is 27.7. The third-order valence-electron chi connectivity index (χ3n) is 7.29. The van der Waals surface area contributed by atoms with Crippen LogP contribution in [-0.2, 0) is 9.59 Å². The Balaban J connectivity index is 1.08. The van der Waals surface area contributed by atoms with E-state index in [1.165, 1.54) is 5.56 Å². The molecular weight excluding hydrogens is 475 g/mol. The number of rotatable bonds is 4. The van der Waals surface area contributed by atoms with Crippen LogP contribution in [0.15, 0.2) is 42.5 Å². The van der Waals surface area contributed by atoms with Gasteiger partial charge in [0.2, 0.25) is 5.91 Å². The molecular formula is C26H28Cl2N2O4. The maximum Gasteiger partial charge on any atom is 0.261 e. The van der Waals surface area contributed by atoms with Crippen LogP contribution in [0.4, 0.5) is 0 Å². The van der Waals surface area contributed by atoms with Crippen LogP contribution in [0.1, 0.15) is 55.3 Å². The molecule has 2 aromatic carbocycles. The fourth-order valence-corrected chi connectivity index (χ4v) is 5.53. The molecule has 2 aliphatic heterocycles. The zero-order chi connectivity index (χ0) is 23.8. The van der Waals surface area contributed by atoms with Crippen molar-refractivity contribution in [1.29, 1.82) is 0 Å². The third kappa shape index (κ3) is 4.90. The first kappa shape index (κ1) is 23.5. The molecule has 0 bridgehead atoms. The lowest BCUT2D eigenvalue weighted by atomic mass is 9.83. The number of aliphatic hydroxyl groups excluding tert-OH is 1. The molecule has 3 aliphatic rings. The number of hydrogen-bond donors (Lipinski definition) is 2. The van der Waals surface area contributed by atoms with Gasteiger partial charge in [-0.1, -0.05) is 35.3 Å². The molecule has 1 aliphatic carbocycles. The van der Waals surface area contributed by atoms with Gasteiger partial charge in [0.1, 0.15) is 5.75 Å². The minimum absolute atomic E-state index is 0.0158. The monoisotopic (exact) mass is 502 g/mol. The number of carbonyl (C=O) groups excluding carboxylic acids is 2. The Morgan fingerprint density at radius 1 is 0.971 bits per heavy atom. The summed E-state index contributed by atoms with van der Waals surface area (Å²) in [6.45, 7) is 1.51. The van der Waals surface area contributed by atoms with Gasteiger partial charge in [-0.15, -0.1) is 0 Å². The molecule has 180 valence electrons. The molecule has 1 saturated heterocycles. The number of ether oxygens (including phenoxy) is 1. The van der Waals surface area contributed by atoms with Crippen LogP contribution >= 0.6 is 23.2 Å². The number of amides is 2. The number of likely N-dealkylation sites (tertiary alicyclic amines) is 1. The topological polar surface area (TPSA) is 78.9 Å². The van der Waals surface area contributed by atoms with Gasteiger partial charge in [-0.25, -0.2) is 0 Å². The highest BCUT2D eigenvalue weighted by Gasteiger charge is 2.38. The summed E-state index contributed by atoms with van der Waals surface area (Å²) >= 11 is 12.0. The van der Waals surface area contributed by atoms with Crippen molar-refractivity contribution in [1.82, 2.24) is 10.2 Å². The van der Waals surface area contributed by atoms with Crippen LogP contribution in [0.3, 0.4) is 0 Å². The van der Waals surface area contributed by atoms with E-state index in [9.17, 15) is 14.7 Å². The van der Waals surface area contributed by atoms with Gasteiger partial charge < -0.3 is 20.1 Å². The molecule has 0 aromatic heterocycles. The zero-order valence-electron chi connectivity index (χ0n) is 18.8. The predicted octanol–water partition coefficient (Wildman–Crippen LogP) is 4.48. The minimum Gasteiger partial charge on any atom is -0.480 e. The first-order chi connectivity index (χ1) is 16.4. The maximum absolute atomic E-state index is 12.9. The van der Waals surface area contributed by atoms with Crippen LogP contribution in [0.5, 0.6) is 5.75 Å². The van der Waals surface area contributed by atoms with Crippen molar-refractivity contribution in [3.8, 4) is 5.75 Å². The van der Waals surface area contributed by atoms with Gasteiger partial charge in [0, 0.05) is 53.0 Å². The van der Waals surface area contributed by atoms with Gasteiger partial charge in [0.15, 0.2) is 6.10 Å². The lowest BCUT2D eigenvalue weighted by Crippen LogP contribution is -2.52. The quantitative estimate of drug-likeness (QED) is 0.645. The fourth-order valence-electron chi connectivity index (χ4n) is 5.22. The third-order valence-corrected chi connectivity index (χ3v) is 7.77. The van der Waals surface area contributed by atoms with Crippen molar-refractivity contribution in [2.45, 2.75) is 56.3 Å². The average Bonchev–Trinajstić information content (AvgIpc) is 2.80. The Labute approximate surface area is 209 Å². The molecule has 0 radical (unpaired) electrons. The van der Waals surface area contributed by atoms with Crippen LogP contribution in [0.2, 0.25) is 10.0 Å². The molecule has 0 spiro atoms. The first-order valence-electron chi connectivity index (χ1n) is 11.9. The van der Waals surface area contributed by atoms with E-state index in [2.05, 4.69) is 5.32 Å². The SMILES string of the molecule is O=C(N[C@H]1CC[C@H](C(=O)N2CC(c3ccc(Cl)cc3)C2)CC1)[C@H]1C[C@@H](O)c2cc(Cl)ccc2O1. The Morgan fingerprint density at radius 3 is 2.35 bits per heavy atom. The van der Waals surface area contributed by atoms with Gasteiger partial charge in [0.25, 0.3) is 5.91 Å². The van der Waals surface area contributed by atoms with Crippen molar-refractivity contribution in [3.05, 3.63) is 63.6 Å². The van der Waals surface area contributed by atoms with E-state index in [1.54, 1.807) is 18.2 Å². The second-order valence-corrected chi connectivity index (χ2v) is 10.5. The number of nitrogens with one attached hydrogen (secondary N) is 1. The number of hydrogen-bond acceptors (Lipinski definition) is 4. The Morgan fingerprint density at radius 2 is 1.65 bits per heavy atom. The summed E-state index contributed by atoms with van der Waals surface area (Å²) in [5, 5.41) is 14.7. The second kappa shape index (κ2) is 9.76. The van der Waals surface area contributed by atoms with E-state index < -0.39 is 12.2 Å². The number of carbonyl (C=O) groups is 2. The van der Waals surface area contributed by atoms with Crippen LogP contribution in [0, 0.1) is 5.92 Å². The highest BCUT2D eigenvalue weighted by molar-refractivity contribution is 6.30. The van der Waals surface area contributed by atoms with E-state index in [1.807, 2.05) is 29.2 Å². The van der Waals surface area contributed by atoms with Gasteiger partial charge in [0.05, 0.1) is 6.10 Å². The molecule has 2 heterocycles. The van der Waals surface area contributed by atoms with Crippen LogP contribution < -0.4 is 10.1 Å². The summed E-state index contributed by atoms with van der Waals surface area (Å²) in [7, 11) is 0. The molecule has 6 nitrogen and oxygen atoms in total. The molecule has 2 N–H and O–H groups in total. The van der Waals surface area contributed by atoms with E-state index in [0.29, 0.717) is 22.3 Å². The highest BCUT2D eigenvalue weighted by Crippen LogP contribution is 2.37. The Hall–Kier alpha value is -2.28. The predicted molar refractivity (Wildman–Crippen MR) is 130 cm³/mol. The van der Waals surface area contributed by atoms with Crippen LogP contribution in [0.25, 0.3) is 0 Å². The molecule has 1 saturated carbocycles. The lowest BCUT2D eigenvalue weighted by Gasteiger charge is -2.42. The number of aliphatic hydroxyl groups is 1. The molecule has 0 unspecified atom stereocenters. The number of nitrogens with zero attached hydrogens (tertiary/aromatic N) is 1. The highest BCUT2D eigenvalue weighted by atomic mass is 35.5. The zero-order valence-corrected chi connectivity index (χ0v) is 20.3. The summed E-state index contributed by atoms with van der Waals surface area (Å²) < 4.78 is 5.83. The van der Waals surface area contributed by atoms with Crippen molar-refractivity contribution < 1.29 is 19.4 Å². The van der Waals surface area contributed by atoms with Gasteiger partial charge in [-0.2, -0.15) is 0 Å².